The topological polar surface area (TPSA) is 52.7 Å². The van der Waals surface area contributed by atoms with Crippen LogP contribution in [0, 0.1) is 0 Å². The third-order valence-corrected chi connectivity index (χ3v) is 4.26. The molecule has 1 N–H and O–H groups in total. The van der Waals surface area contributed by atoms with Crippen molar-refractivity contribution in [3.8, 4) is 0 Å². The highest BCUT2D eigenvalue weighted by molar-refractivity contribution is 6.30. The van der Waals surface area contributed by atoms with Gasteiger partial charge in [0.1, 0.15) is 0 Å². The number of benzene rings is 1. The van der Waals surface area contributed by atoms with Gasteiger partial charge in [0, 0.05) is 55.8 Å². The monoisotopic (exact) mass is 337 g/mol. The van der Waals surface area contributed by atoms with E-state index in [1.54, 1.807) is 29.2 Å². The Labute approximate surface area is 142 Å². The fourth-order valence-corrected chi connectivity index (χ4v) is 2.77. The van der Waals surface area contributed by atoms with Gasteiger partial charge in [-0.15, -0.1) is 0 Å². The van der Waals surface area contributed by atoms with Gasteiger partial charge in [-0.3, -0.25) is 9.59 Å². The Hall–Kier alpha value is -1.59. The van der Waals surface area contributed by atoms with E-state index in [0.29, 0.717) is 23.6 Å². The van der Waals surface area contributed by atoms with E-state index in [1.165, 1.54) is 0 Å². The van der Waals surface area contributed by atoms with Crippen molar-refractivity contribution in [1.82, 2.24) is 15.1 Å². The van der Waals surface area contributed by atoms with Crippen LogP contribution in [0.2, 0.25) is 5.02 Å². The van der Waals surface area contributed by atoms with E-state index in [-0.39, 0.29) is 17.9 Å². The average Bonchev–Trinajstić information content (AvgIpc) is 2.55. The van der Waals surface area contributed by atoms with Crippen LogP contribution in [-0.4, -0.2) is 60.4 Å². The zero-order valence-corrected chi connectivity index (χ0v) is 14.5. The van der Waals surface area contributed by atoms with E-state index in [2.05, 4.69) is 5.32 Å². The van der Waals surface area contributed by atoms with E-state index in [1.807, 2.05) is 18.7 Å². The largest absolute Gasteiger partial charge is 0.340 e. The summed E-state index contributed by atoms with van der Waals surface area (Å²) in [5.74, 6) is 0.0471. The summed E-state index contributed by atoms with van der Waals surface area (Å²) in [4.78, 5) is 28.5. The summed E-state index contributed by atoms with van der Waals surface area (Å²) in [6.07, 6.45) is 0.359. The molecule has 5 nitrogen and oxygen atoms in total. The number of rotatable bonds is 5. The predicted molar refractivity (Wildman–Crippen MR) is 91.7 cm³/mol. The Kier molecular flexibility index (Phi) is 6.42. The fourth-order valence-electron chi connectivity index (χ4n) is 2.64. The molecule has 0 atom stereocenters. The predicted octanol–water partition coefficient (Wildman–Crippen LogP) is 2.01. The summed E-state index contributed by atoms with van der Waals surface area (Å²) >= 11 is 5.87. The Balaban J connectivity index is 1.96. The molecule has 1 saturated heterocycles. The highest BCUT2D eigenvalue weighted by Crippen LogP contribution is 2.14. The van der Waals surface area contributed by atoms with Crippen molar-refractivity contribution in [2.75, 3.05) is 32.7 Å². The number of nitrogens with zero attached hydrogens (tertiary/aromatic N) is 2. The molecule has 0 radical (unpaired) electrons. The minimum absolute atomic E-state index is 0.0361. The molecular weight excluding hydrogens is 314 g/mol. The number of hydrogen-bond donors (Lipinski definition) is 1. The molecule has 1 aromatic rings. The van der Waals surface area contributed by atoms with Gasteiger partial charge >= 0.3 is 0 Å². The maximum atomic E-state index is 12.6. The van der Waals surface area contributed by atoms with Crippen molar-refractivity contribution in [3.05, 3.63) is 34.9 Å². The van der Waals surface area contributed by atoms with Crippen molar-refractivity contribution in [2.45, 2.75) is 26.3 Å². The highest BCUT2D eigenvalue weighted by atomic mass is 35.5. The number of hydrogen-bond acceptors (Lipinski definition) is 3. The summed E-state index contributed by atoms with van der Waals surface area (Å²) in [6.45, 7) is 7.51. The van der Waals surface area contributed by atoms with Crippen LogP contribution in [-0.2, 0) is 4.79 Å². The molecule has 0 saturated carbocycles. The molecule has 6 heteroatoms. The highest BCUT2D eigenvalue weighted by Gasteiger charge is 2.22. The Morgan fingerprint density at radius 2 is 1.83 bits per heavy atom. The number of carbonyl (C=O) groups excluding carboxylic acids is 2. The Morgan fingerprint density at radius 1 is 1.22 bits per heavy atom. The minimum Gasteiger partial charge on any atom is -0.340 e. The van der Waals surface area contributed by atoms with Gasteiger partial charge in [0.05, 0.1) is 0 Å². The van der Waals surface area contributed by atoms with Gasteiger partial charge < -0.3 is 15.1 Å². The van der Waals surface area contributed by atoms with E-state index in [0.717, 1.165) is 26.2 Å². The first kappa shape index (κ1) is 17.8. The molecule has 1 aromatic carbocycles. The summed E-state index contributed by atoms with van der Waals surface area (Å²) in [5.41, 5.74) is 0.595. The third kappa shape index (κ3) is 4.94. The maximum absolute atomic E-state index is 12.6. The number of piperazine rings is 1. The van der Waals surface area contributed by atoms with Gasteiger partial charge in [-0.25, -0.2) is 0 Å². The number of carbonyl (C=O) groups is 2. The lowest BCUT2D eigenvalue weighted by atomic mass is 10.1. The molecule has 0 spiro atoms. The van der Waals surface area contributed by atoms with Crippen LogP contribution in [0.4, 0.5) is 0 Å². The number of halogens is 1. The second kappa shape index (κ2) is 8.31. The molecule has 2 rings (SSSR count). The maximum Gasteiger partial charge on any atom is 0.254 e. The lowest BCUT2D eigenvalue weighted by Gasteiger charge is -2.30. The second-order valence-corrected chi connectivity index (χ2v) is 6.42. The SMILES string of the molecule is CC(C)N(CCC(=O)N1CCNCC1)C(=O)c1ccc(Cl)cc1. The van der Waals surface area contributed by atoms with Crippen molar-refractivity contribution in [2.24, 2.45) is 0 Å². The van der Waals surface area contributed by atoms with Crippen molar-refractivity contribution in [3.63, 3.8) is 0 Å². The van der Waals surface area contributed by atoms with Gasteiger partial charge in [-0.05, 0) is 38.1 Å². The van der Waals surface area contributed by atoms with Crippen LogP contribution in [0.1, 0.15) is 30.6 Å². The van der Waals surface area contributed by atoms with Gasteiger partial charge in [0.2, 0.25) is 5.91 Å². The molecule has 2 amide bonds. The molecule has 23 heavy (non-hydrogen) atoms. The second-order valence-electron chi connectivity index (χ2n) is 5.98. The average molecular weight is 338 g/mol. The minimum atomic E-state index is -0.0650. The molecule has 1 heterocycles. The molecule has 0 unspecified atom stereocenters. The normalized spacial score (nSPS) is 14.9. The third-order valence-electron chi connectivity index (χ3n) is 4.01. The van der Waals surface area contributed by atoms with Crippen molar-refractivity contribution in [1.29, 1.82) is 0 Å². The lowest BCUT2D eigenvalue weighted by molar-refractivity contribution is -0.132. The summed E-state index contributed by atoms with van der Waals surface area (Å²) < 4.78 is 0. The van der Waals surface area contributed by atoms with E-state index < -0.39 is 0 Å². The Morgan fingerprint density at radius 3 is 2.39 bits per heavy atom. The molecule has 126 valence electrons. The van der Waals surface area contributed by atoms with Gasteiger partial charge in [-0.1, -0.05) is 11.6 Å². The van der Waals surface area contributed by atoms with Crippen LogP contribution in [0.15, 0.2) is 24.3 Å². The number of amides is 2. The van der Waals surface area contributed by atoms with Crippen LogP contribution < -0.4 is 5.32 Å². The van der Waals surface area contributed by atoms with Crippen molar-refractivity contribution < 1.29 is 9.59 Å². The molecular formula is C17H24ClN3O2. The Bertz CT molecular complexity index is 539. The van der Waals surface area contributed by atoms with E-state index in [9.17, 15) is 9.59 Å². The van der Waals surface area contributed by atoms with Crippen LogP contribution in [0.5, 0.6) is 0 Å². The van der Waals surface area contributed by atoms with Gasteiger partial charge in [-0.2, -0.15) is 0 Å². The molecule has 0 aromatic heterocycles. The zero-order valence-electron chi connectivity index (χ0n) is 13.7. The quantitative estimate of drug-likeness (QED) is 0.894. The fraction of sp³-hybridized carbons (Fsp3) is 0.529. The first-order valence-corrected chi connectivity index (χ1v) is 8.42. The van der Waals surface area contributed by atoms with Crippen molar-refractivity contribution >= 4 is 23.4 Å². The molecule has 1 fully saturated rings. The van der Waals surface area contributed by atoms with Crippen LogP contribution in [0.25, 0.3) is 0 Å². The zero-order chi connectivity index (χ0) is 16.8. The number of nitrogens with one attached hydrogen (secondary N) is 1. The van der Waals surface area contributed by atoms with E-state index >= 15 is 0 Å². The standard InChI is InChI=1S/C17H24ClN3O2/c1-13(2)21(17(23)14-3-5-15(18)6-4-14)10-7-16(22)20-11-8-19-9-12-20/h3-6,13,19H,7-12H2,1-2H3. The first-order valence-electron chi connectivity index (χ1n) is 8.04. The summed E-state index contributed by atoms with van der Waals surface area (Å²) in [5, 5.41) is 3.83. The lowest BCUT2D eigenvalue weighted by Crippen LogP contribution is -2.47. The molecule has 1 aliphatic rings. The van der Waals surface area contributed by atoms with Crippen LogP contribution in [0.3, 0.4) is 0 Å². The van der Waals surface area contributed by atoms with E-state index in [4.69, 9.17) is 11.6 Å². The summed E-state index contributed by atoms with van der Waals surface area (Å²) in [7, 11) is 0. The molecule has 0 aliphatic carbocycles. The molecule has 0 bridgehead atoms. The smallest absolute Gasteiger partial charge is 0.254 e. The van der Waals surface area contributed by atoms with Crippen LogP contribution >= 0.6 is 11.6 Å². The van der Waals surface area contributed by atoms with Gasteiger partial charge in [0.25, 0.3) is 5.91 Å². The van der Waals surface area contributed by atoms with Gasteiger partial charge in [0.15, 0.2) is 0 Å². The summed E-state index contributed by atoms with van der Waals surface area (Å²) in [6, 6.07) is 6.89. The first-order chi connectivity index (χ1) is 11.0. The molecule has 1 aliphatic heterocycles.